The SMILES string of the molecule is CCCCOP(=O)(CC)OC. The molecule has 0 aliphatic heterocycles. The minimum absolute atomic E-state index is 0.452. The minimum atomic E-state index is -2.71. The zero-order chi connectivity index (χ0) is 8.74. The molecule has 0 saturated carbocycles. The molecule has 0 heterocycles. The van der Waals surface area contributed by atoms with E-state index in [0.29, 0.717) is 12.8 Å². The van der Waals surface area contributed by atoms with Gasteiger partial charge in [0.1, 0.15) is 0 Å². The first-order valence-electron chi connectivity index (χ1n) is 3.98. The second-order valence-corrected chi connectivity index (χ2v) is 4.77. The maximum absolute atomic E-state index is 11.4. The lowest BCUT2D eigenvalue weighted by Crippen LogP contribution is -1.96. The first-order chi connectivity index (χ1) is 5.18. The van der Waals surface area contributed by atoms with Gasteiger partial charge < -0.3 is 9.05 Å². The Hall–Kier alpha value is 0.150. The summed E-state index contributed by atoms with van der Waals surface area (Å²) in [6.45, 7) is 4.40. The minimum Gasteiger partial charge on any atom is -0.312 e. The molecule has 3 nitrogen and oxygen atoms in total. The number of hydrogen-bond acceptors (Lipinski definition) is 3. The summed E-state index contributed by atoms with van der Waals surface area (Å²) in [7, 11) is -1.28. The van der Waals surface area contributed by atoms with Crippen LogP contribution < -0.4 is 0 Å². The van der Waals surface area contributed by atoms with Gasteiger partial charge in [-0.2, -0.15) is 0 Å². The molecular formula is C7H17O3P. The van der Waals surface area contributed by atoms with Gasteiger partial charge in [-0.3, -0.25) is 4.57 Å². The van der Waals surface area contributed by atoms with E-state index in [1.165, 1.54) is 7.11 Å². The topological polar surface area (TPSA) is 35.5 Å². The van der Waals surface area contributed by atoms with Crippen LogP contribution in [-0.2, 0) is 13.6 Å². The molecule has 68 valence electrons. The maximum Gasteiger partial charge on any atom is 0.330 e. The lowest BCUT2D eigenvalue weighted by Gasteiger charge is -2.13. The molecule has 1 unspecified atom stereocenters. The molecule has 0 aromatic heterocycles. The normalized spacial score (nSPS) is 16.3. The summed E-state index contributed by atoms with van der Waals surface area (Å²) in [5, 5.41) is 0. The molecule has 0 aliphatic rings. The first kappa shape index (κ1) is 11.2. The highest BCUT2D eigenvalue weighted by Crippen LogP contribution is 2.46. The van der Waals surface area contributed by atoms with E-state index in [1.807, 2.05) is 0 Å². The van der Waals surface area contributed by atoms with Crippen molar-refractivity contribution in [2.24, 2.45) is 0 Å². The summed E-state index contributed by atoms with van der Waals surface area (Å²) in [5.41, 5.74) is 0. The van der Waals surface area contributed by atoms with Crippen molar-refractivity contribution in [3.8, 4) is 0 Å². The summed E-state index contributed by atoms with van der Waals surface area (Å²) < 4.78 is 21.2. The summed E-state index contributed by atoms with van der Waals surface area (Å²) in [5.74, 6) is 0. The molecule has 1 atom stereocenters. The highest BCUT2D eigenvalue weighted by Gasteiger charge is 2.18. The maximum atomic E-state index is 11.4. The standard InChI is InChI=1S/C7H17O3P/c1-4-6-7-10-11(8,5-2)9-3/h4-7H2,1-3H3. The van der Waals surface area contributed by atoms with Crippen LogP contribution in [0.25, 0.3) is 0 Å². The van der Waals surface area contributed by atoms with Crippen molar-refractivity contribution in [3.05, 3.63) is 0 Å². The van der Waals surface area contributed by atoms with E-state index >= 15 is 0 Å². The van der Waals surface area contributed by atoms with E-state index < -0.39 is 7.60 Å². The molecule has 0 saturated heterocycles. The lowest BCUT2D eigenvalue weighted by molar-refractivity contribution is 0.231. The molecule has 0 radical (unpaired) electrons. The molecule has 4 heteroatoms. The van der Waals surface area contributed by atoms with Gasteiger partial charge in [0.15, 0.2) is 0 Å². The fraction of sp³-hybridized carbons (Fsp3) is 1.00. The highest BCUT2D eigenvalue weighted by molar-refractivity contribution is 7.53. The van der Waals surface area contributed by atoms with Gasteiger partial charge in [-0.1, -0.05) is 20.3 Å². The Kier molecular flexibility index (Phi) is 5.83. The Balaban J connectivity index is 3.61. The average molecular weight is 180 g/mol. The molecule has 0 amide bonds. The van der Waals surface area contributed by atoms with Crippen molar-refractivity contribution in [1.29, 1.82) is 0 Å². The van der Waals surface area contributed by atoms with Gasteiger partial charge in [-0.25, -0.2) is 0 Å². The van der Waals surface area contributed by atoms with Crippen LogP contribution in [-0.4, -0.2) is 19.9 Å². The summed E-state index contributed by atoms with van der Waals surface area (Å²) >= 11 is 0. The predicted octanol–water partition coefficient (Wildman–Crippen LogP) is 2.66. The summed E-state index contributed by atoms with van der Waals surface area (Å²) in [4.78, 5) is 0. The average Bonchev–Trinajstić information content (AvgIpc) is 2.05. The highest BCUT2D eigenvalue weighted by atomic mass is 31.2. The molecule has 0 spiro atoms. The van der Waals surface area contributed by atoms with Crippen molar-refractivity contribution < 1.29 is 13.6 Å². The molecule has 0 rings (SSSR count). The Morgan fingerprint density at radius 3 is 2.36 bits per heavy atom. The fourth-order valence-corrected chi connectivity index (χ4v) is 1.57. The number of unbranched alkanes of at least 4 members (excludes halogenated alkanes) is 1. The zero-order valence-corrected chi connectivity index (χ0v) is 8.39. The Morgan fingerprint density at radius 2 is 2.00 bits per heavy atom. The largest absolute Gasteiger partial charge is 0.330 e. The van der Waals surface area contributed by atoms with E-state index in [1.54, 1.807) is 6.92 Å². The van der Waals surface area contributed by atoms with Crippen LogP contribution >= 0.6 is 7.60 Å². The second kappa shape index (κ2) is 5.76. The van der Waals surface area contributed by atoms with E-state index in [0.717, 1.165) is 12.8 Å². The van der Waals surface area contributed by atoms with Gasteiger partial charge in [0, 0.05) is 13.3 Å². The van der Waals surface area contributed by atoms with Crippen LogP contribution in [0.1, 0.15) is 26.7 Å². The molecule has 0 aliphatic carbocycles. The van der Waals surface area contributed by atoms with Crippen LogP contribution in [0.4, 0.5) is 0 Å². The van der Waals surface area contributed by atoms with Gasteiger partial charge in [-0.15, -0.1) is 0 Å². The monoisotopic (exact) mass is 180 g/mol. The van der Waals surface area contributed by atoms with Crippen molar-refractivity contribution >= 4 is 7.60 Å². The molecule has 0 fully saturated rings. The van der Waals surface area contributed by atoms with E-state index in [2.05, 4.69) is 6.92 Å². The molecule has 0 aromatic rings. The summed E-state index contributed by atoms with van der Waals surface area (Å²) in [6.07, 6.45) is 2.44. The van der Waals surface area contributed by atoms with Crippen molar-refractivity contribution in [2.45, 2.75) is 26.7 Å². The molecule has 11 heavy (non-hydrogen) atoms. The smallest absolute Gasteiger partial charge is 0.312 e. The molecule has 0 aromatic carbocycles. The van der Waals surface area contributed by atoms with Crippen LogP contribution in [0.15, 0.2) is 0 Å². The van der Waals surface area contributed by atoms with Gasteiger partial charge in [0.25, 0.3) is 0 Å². The Morgan fingerprint density at radius 1 is 1.36 bits per heavy atom. The number of hydrogen-bond donors (Lipinski definition) is 0. The Bertz CT molecular complexity index is 128. The van der Waals surface area contributed by atoms with Gasteiger partial charge in [0.2, 0.25) is 0 Å². The first-order valence-corrected chi connectivity index (χ1v) is 5.70. The third-order valence-corrected chi connectivity index (χ3v) is 3.36. The van der Waals surface area contributed by atoms with Crippen LogP contribution in [0.3, 0.4) is 0 Å². The van der Waals surface area contributed by atoms with E-state index in [9.17, 15) is 4.57 Å². The predicted molar refractivity (Wildman–Crippen MR) is 46.0 cm³/mol. The van der Waals surface area contributed by atoms with Crippen molar-refractivity contribution in [2.75, 3.05) is 19.9 Å². The van der Waals surface area contributed by atoms with Crippen LogP contribution in [0.2, 0.25) is 0 Å². The van der Waals surface area contributed by atoms with Crippen molar-refractivity contribution in [3.63, 3.8) is 0 Å². The van der Waals surface area contributed by atoms with Crippen LogP contribution in [0.5, 0.6) is 0 Å². The lowest BCUT2D eigenvalue weighted by atomic mass is 10.4. The third-order valence-electron chi connectivity index (χ3n) is 1.45. The molecule has 0 bridgehead atoms. The van der Waals surface area contributed by atoms with Crippen LogP contribution in [0, 0.1) is 0 Å². The van der Waals surface area contributed by atoms with Gasteiger partial charge >= 0.3 is 7.60 Å². The fourth-order valence-electron chi connectivity index (χ4n) is 0.621. The number of rotatable bonds is 6. The molecule has 0 N–H and O–H groups in total. The zero-order valence-electron chi connectivity index (χ0n) is 7.50. The van der Waals surface area contributed by atoms with Crippen molar-refractivity contribution in [1.82, 2.24) is 0 Å². The van der Waals surface area contributed by atoms with E-state index in [-0.39, 0.29) is 0 Å². The van der Waals surface area contributed by atoms with E-state index in [4.69, 9.17) is 9.05 Å². The van der Waals surface area contributed by atoms with Gasteiger partial charge in [0.05, 0.1) is 6.61 Å². The second-order valence-electron chi connectivity index (χ2n) is 2.30. The van der Waals surface area contributed by atoms with Gasteiger partial charge in [-0.05, 0) is 6.42 Å². The quantitative estimate of drug-likeness (QED) is 0.465. The molecular weight excluding hydrogens is 163 g/mol. The Labute approximate surface area is 68.6 Å². The summed E-state index contributed by atoms with van der Waals surface area (Å²) in [6, 6.07) is 0. The third kappa shape index (κ3) is 4.57.